The number of hydrogen-bond donors (Lipinski definition) is 2. The molecule has 6 nitrogen and oxygen atoms in total. The highest BCUT2D eigenvalue weighted by Gasteiger charge is 2.28. The molecule has 0 spiro atoms. The van der Waals surface area contributed by atoms with E-state index in [1.807, 2.05) is 69.3 Å². The molecule has 0 saturated heterocycles. The van der Waals surface area contributed by atoms with Gasteiger partial charge < -0.3 is 20.3 Å². The number of ether oxygens (including phenoxy) is 1. The molecule has 152 valence electrons. The molecule has 3 rings (SSSR count). The highest BCUT2D eigenvalue weighted by atomic mass is 127. The van der Waals surface area contributed by atoms with Gasteiger partial charge in [-0.1, -0.05) is 30.3 Å². The number of rotatable bonds is 5. The zero-order valence-electron chi connectivity index (χ0n) is 16.6. The fourth-order valence-electron chi connectivity index (χ4n) is 2.99. The van der Waals surface area contributed by atoms with Crippen LogP contribution in [-0.2, 0) is 4.74 Å². The molecule has 0 radical (unpaired) electrons. The number of hydroxylamine groups is 1. The van der Waals surface area contributed by atoms with E-state index < -0.39 is 17.7 Å². The summed E-state index contributed by atoms with van der Waals surface area (Å²) in [6, 6.07) is 15.0. The number of nitrogens with zero attached hydrogens (tertiary/aromatic N) is 1. The number of carbonyl (C=O) groups excluding carboxylic acids is 1. The Hall–Kier alpha value is -2.23. The third-order valence-corrected chi connectivity index (χ3v) is 4.92. The first-order valence-corrected chi connectivity index (χ1v) is 10.4. The van der Waals surface area contributed by atoms with Crippen molar-refractivity contribution in [2.75, 3.05) is 6.54 Å². The number of amides is 1. The molecule has 2 aromatic carbocycles. The number of nitrogens with one attached hydrogen (secondary N) is 2. The molecule has 7 heteroatoms. The highest BCUT2D eigenvalue weighted by molar-refractivity contribution is 14.1. The van der Waals surface area contributed by atoms with Crippen LogP contribution in [0.3, 0.4) is 0 Å². The lowest BCUT2D eigenvalue weighted by Gasteiger charge is -2.21. The minimum absolute atomic E-state index is 0.0384. The maximum absolute atomic E-state index is 12.4. The Labute approximate surface area is 184 Å². The standard InChI is InChI=1S/C22H24IN3O3/c1-22(2,3)29-21(27)25-13-19(24-12-15-7-5-4-6-8-15)18-14-26(28)20-10-9-16(23)11-17(18)20/h4-12,14,19,26H,13H2,1-3H3,(H,25,27). The Morgan fingerprint density at radius 3 is 2.69 bits per heavy atom. The summed E-state index contributed by atoms with van der Waals surface area (Å²) in [6.45, 7) is 5.66. The third-order valence-electron chi connectivity index (χ3n) is 4.25. The van der Waals surface area contributed by atoms with Gasteiger partial charge in [0.05, 0.1) is 6.04 Å². The van der Waals surface area contributed by atoms with E-state index in [0.29, 0.717) is 5.69 Å². The van der Waals surface area contributed by atoms with Gasteiger partial charge in [0.1, 0.15) is 17.5 Å². The van der Waals surface area contributed by atoms with E-state index in [-0.39, 0.29) is 11.6 Å². The SMILES string of the molecule is CC(C)(C)OC(=O)NCC(N=Cc1ccccc1)C1=C[NH+]([O-])c2ccc(I)cc21. The molecule has 1 aliphatic heterocycles. The molecular formula is C22H24IN3O3. The molecule has 0 bridgehead atoms. The van der Waals surface area contributed by atoms with E-state index in [9.17, 15) is 10.0 Å². The van der Waals surface area contributed by atoms with Gasteiger partial charge in [0.25, 0.3) is 0 Å². The third kappa shape index (κ3) is 5.88. The van der Waals surface area contributed by atoms with Crippen molar-refractivity contribution in [3.63, 3.8) is 0 Å². The number of hydrogen-bond acceptors (Lipinski definition) is 4. The molecule has 2 atom stereocenters. The molecular weight excluding hydrogens is 481 g/mol. The number of halogens is 1. The fraction of sp³-hybridized carbons (Fsp3) is 0.273. The topological polar surface area (TPSA) is 78.2 Å². The summed E-state index contributed by atoms with van der Waals surface area (Å²) >= 11 is 2.22. The Balaban J connectivity index is 1.86. The van der Waals surface area contributed by atoms with Crippen LogP contribution in [0.25, 0.3) is 5.57 Å². The van der Waals surface area contributed by atoms with Crippen molar-refractivity contribution in [1.82, 2.24) is 5.32 Å². The molecule has 0 fully saturated rings. The van der Waals surface area contributed by atoms with Crippen LogP contribution < -0.4 is 10.4 Å². The summed E-state index contributed by atoms with van der Waals surface area (Å²) in [5.41, 5.74) is 2.69. The number of aliphatic imine (C=N–C) groups is 1. The second-order valence-corrected chi connectivity index (χ2v) is 8.99. The maximum Gasteiger partial charge on any atom is 0.407 e. The first-order chi connectivity index (χ1) is 13.7. The van der Waals surface area contributed by atoms with Crippen LogP contribution in [0, 0.1) is 8.78 Å². The lowest BCUT2D eigenvalue weighted by molar-refractivity contribution is -0.710. The second kappa shape index (κ2) is 9.06. The summed E-state index contributed by atoms with van der Waals surface area (Å²) in [5.74, 6) is 0. The van der Waals surface area contributed by atoms with E-state index in [0.717, 1.165) is 20.3 Å². The number of alkyl carbamates (subject to hydrolysis) is 1. The lowest BCUT2D eigenvalue weighted by atomic mass is 10.0. The van der Waals surface area contributed by atoms with E-state index in [4.69, 9.17) is 4.74 Å². The molecule has 2 N–H and O–H groups in total. The van der Waals surface area contributed by atoms with Crippen molar-refractivity contribution >= 4 is 46.2 Å². The van der Waals surface area contributed by atoms with Crippen molar-refractivity contribution in [3.8, 4) is 0 Å². The molecule has 1 amide bonds. The van der Waals surface area contributed by atoms with Crippen molar-refractivity contribution in [1.29, 1.82) is 0 Å². The highest BCUT2D eigenvalue weighted by Crippen LogP contribution is 2.30. The molecule has 2 unspecified atom stereocenters. The van der Waals surface area contributed by atoms with Crippen LogP contribution in [0.4, 0.5) is 10.5 Å². The van der Waals surface area contributed by atoms with Crippen molar-refractivity contribution in [2.24, 2.45) is 4.99 Å². The maximum atomic E-state index is 12.4. The zero-order valence-corrected chi connectivity index (χ0v) is 18.8. The van der Waals surface area contributed by atoms with Crippen LogP contribution >= 0.6 is 22.6 Å². The minimum atomic E-state index is -0.585. The Bertz CT molecular complexity index is 936. The average molecular weight is 505 g/mol. The van der Waals surface area contributed by atoms with Gasteiger partial charge >= 0.3 is 6.09 Å². The Morgan fingerprint density at radius 1 is 1.28 bits per heavy atom. The van der Waals surface area contributed by atoms with Gasteiger partial charge in [0, 0.05) is 33.5 Å². The van der Waals surface area contributed by atoms with Gasteiger partial charge in [0.2, 0.25) is 0 Å². The Kier molecular flexibility index (Phi) is 6.71. The molecule has 2 aromatic rings. The van der Waals surface area contributed by atoms with Gasteiger partial charge in [-0.25, -0.2) is 4.79 Å². The van der Waals surface area contributed by atoms with E-state index in [1.54, 1.807) is 12.4 Å². The molecule has 1 heterocycles. The van der Waals surface area contributed by atoms with E-state index in [2.05, 4.69) is 32.9 Å². The largest absolute Gasteiger partial charge is 0.624 e. The predicted octanol–water partition coefficient (Wildman–Crippen LogP) is 3.67. The van der Waals surface area contributed by atoms with Gasteiger partial charge in [-0.3, -0.25) is 4.99 Å². The number of benzene rings is 2. The van der Waals surface area contributed by atoms with Crippen molar-refractivity contribution < 1.29 is 14.6 Å². The zero-order chi connectivity index (χ0) is 21.0. The average Bonchev–Trinajstić information content (AvgIpc) is 2.97. The summed E-state index contributed by atoms with van der Waals surface area (Å²) in [5, 5.41) is 15.2. The van der Waals surface area contributed by atoms with Crippen LogP contribution in [0.1, 0.15) is 31.9 Å². The van der Waals surface area contributed by atoms with E-state index >= 15 is 0 Å². The fourth-order valence-corrected chi connectivity index (χ4v) is 3.49. The van der Waals surface area contributed by atoms with Gasteiger partial charge in [-0.2, -0.15) is 0 Å². The molecule has 0 saturated carbocycles. The second-order valence-electron chi connectivity index (χ2n) is 7.74. The number of quaternary nitrogens is 1. The summed E-state index contributed by atoms with van der Waals surface area (Å²) in [7, 11) is 0. The van der Waals surface area contributed by atoms with Gasteiger partial charge in [0.15, 0.2) is 0 Å². The van der Waals surface area contributed by atoms with Crippen LogP contribution in [0.2, 0.25) is 0 Å². The first-order valence-electron chi connectivity index (χ1n) is 9.34. The first kappa shape index (κ1) is 21.5. The van der Waals surface area contributed by atoms with Crippen LogP contribution in [0.15, 0.2) is 59.7 Å². The van der Waals surface area contributed by atoms with Gasteiger partial charge in [-0.05, 0) is 61.1 Å². The molecule has 0 aliphatic carbocycles. The van der Waals surface area contributed by atoms with Crippen molar-refractivity contribution in [3.05, 3.63) is 74.6 Å². The van der Waals surface area contributed by atoms with Gasteiger partial charge in [-0.15, -0.1) is 0 Å². The van der Waals surface area contributed by atoms with Crippen molar-refractivity contribution in [2.45, 2.75) is 32.4 Å². The Morgan fingerprint density at radius 2 is 2.00 bits per heavy atom. The minimum Gasteiger partial charge on any atom is -0.624 e. The molecule has 0 aromatic heterocycles. The van der Waals surface area contributed by atoms with Crippen LogP contribution in [-0.4, -0.2) is 30.5 Å². The normalized spacial score (nSPS) is 17.0. The lowest BCUT2D eigenvalue weighted by Crippen LogP contribution is -2.95. The quantitative estimate of drug-likeness (QED) is 0.370. The number of carbonyl (C=O) groups is 1. The molecule has 29 heavy (non-hydrogen) atoms. The summed E-state index contributed by atoms with van der Waals surface area (Å²) in [6.07, 6.45) is 2.87. The monoisotopic (exact) mass is 505 g/mol. The predicted molar refractivity (Wildman–Crippen MR) is 123 cm³/mol. The van der Waals surface area contributed by atoms with E-state index in [1.165, 1.54) is 0 Å². The van der Waals surface area contributed by atoms with Crippen LogP contribution in [0.5, 0.6) is 0 Å². The smallest absolute Gasteiger partial charge is 0.407 e. The summed E-state index contributed by atoms with van der Waals surface area (Å²) < 4.78 is 6.37. The summed E-state index contributed by atoms with van der Waals surface area (Å²) in [4.78, 5) is 16.8. The molecule has 1 aliphatic rings. The number of fused-ring (bicyclic) bond motifs is 1.